The van der Waals surface area contributed by atoms with Crippen molar-refractivity contribution in [1.82, 2.24) is 34.5 Å². The van der Waals surface area contributed by atoms with Crippen molar-refractivity contribution in [3.05, 3.63) is 29.3 Å². The van der Waals surface area contributed by atoms with Gasteiger partial charge >= 0.3 is 33.2 Å². The van der Waals surface area contributed by atoms with Gasteiger partial charge in [0.05, 0.1) is 44.7 Å². The second-order valence-corrected chi connectivity index (χ2v) is 29.0. The molecule has 1 amide bonds. The van der Waals surface area contributed by atoms with E-state index in [2.05, 4.69) is 40.5 Å². The number of carbonyl (C=O) groups is 1. The number of rotatable bonds is 24. The van der Waals surface area contributed by atoms with Gasteiger partial charge in [-0.25, -0.2) is 28.9 Å². The molecule has 1 unspecified atom stereocenters. The van der Waals surface area contributed by atoms with Crippen molar-refractivity contribution >= 4 is 62.2 Å². The number of H-pyrrole nitrogens is 1. The van der Waals surface area contributed by atoms with E-state index in [-0.39, 0.29) is 58.1 Å². The number of aliphatic hydroxyl groups is 1. The zero-order chi connectivity index (χ0) is 49.6. The minimum Gasteiger partial charge on any atom is -0.414 e. The molecule has 0 spiro atoms. The van der Waals surface area contributed by atoms with Crippen LogP contribution in [0.3, 0.4) is 0 Å². The highest BCUT2D eigenvalue weighted by Crippen LogP contribution is 2.56. The van der Waals surface area contributed by atoms with E-state index in [0.717, 1.165) is 0 Å². The summed E-state index contributed by atoms with van der Waals surface area (Å²) in [5.74, 6) is -2.24. The molecule has 4 heterocycles. The van der Waals surface area contributed by atoms with E-state index < -0.39 is 119 Å². The molecule has 24 nitrogen and oxygen atoms in total. The predicted octanol–water partition coefficient (Wildman–Crippen LogP) is 4.75. The van der Waals surface area contributed by atoms with E-state index in [1.807, 2.05) is 61.5 Å². The molecule has 0 aromatic carbocycles. The maximum Gasteiger partial charge on any atom is 0.475 e. The first-order chi connectivity index (χ1) is 31.5. The summed E-state index contributed by atoms with van der Waals surface area (Å²) in [7, 11) is -16.1. The van der Waals surface area contributed by atoms with Crippen LogP contribution in [0.1, 0.15) is 88.3 Å². The Bertz CT molecular complexity index is 2300. The van der Waals surface area contributed by atoms with Crippen LogP contribution >= 0.6 is 16.1 Å². The quantitative estimate of drug-likeness (QED) is 0.0400. The number of hydrogen-bond acceptors (Lipinski definition) is 20. The summed E-state index contributed by atoms with van der Waals surface area (Å²) in [4.78, 5) is 71.0. The number of nitrogens with zero attached hydrogens (tertiary/aromatic N) is 7. The van der Waals surface area contributed by atoms with Crippen molar-refractivity contribution in [3.8, 4) is 6.07 Å². The number of hydrogen-bond donors (Lipinski definition) is 6. The molecule has 10 atom stereocenters. The first-order valence-electron chi connectivity index (χ1n) is 22.0. The average molecular weight is 1020 g/mol. The van der Waals surface area contributed by atoms with Crippen LogP contribution in [0.15, 0.2) is 23.8 Å². The number of aromatic amines is 1. The van der Waals surface area contributed by atoms with Crippen LogP contribution in [0.5, 0.6) is 0 Å². The molecule has 3 aromatic heterocycles. The van der Waals surface area contributed by atoms with Crippen LogP contribution in [0.2, 0.25) is 22.2 Å². The van der Waals surface area contributed by atoms with Gasteiger partial charge in [0.1, 0.15) is 43.2 Å². The maximum atomic E-state index is 16.0. The molecular formula is C38H63FN10O14P2Si2. The molecule has 6 N–H and O–H groups in total. The normalized spacial score (nSPS) is 25.1. The topological polar surface area (TPSA) is 327 Å². The molecule has 374 valence electrons. The molecule has 1 saturated carbocycles. The third-order valence-electron chi connectivity index (χ3n) is 11.8. The zero-order valence-electron chi connectivity index (χ0n) is 39.1. The SMILES string of the molecule is CC(C)C(=O)Nc1nc2c(ncn2[C@@H]2O[C@H](CO)[C@@H](O[Si](O[Si](O)(C(C)C)C(C)C)(C(C)C)C(C)C)[C@H]2O[P@@](=O)(OCCC#N)OC[C@H]2C[C@@H](Nc3ncncn3)[C@H](F)[C@@H]2O[PH](=O)O)c(=O)[nH]1. The number of carbonyl (C=O) groups excluding carboxylic acids is 1. The minimum atomic E-state index is -5.03. The van der Waals surface area contributed by atoms with Crippen LogP contribution in [0.4, 0.5) is 16.3 Å². The third-order valence-corrected chi connectivity index (χ3v) is 23.5. The van der Waals surface area contributed by atoms with E-state index >= 15 is 8.96 Å². The zero-order valence-corrected chi connectivity index (χ0v) is 43.0. The number of amides is 1. The molecule has 67 heavy (non-hydrogen) atoms. The Morgan fingerprint density at radius 3 is 2.28 bits per heavy atom. The second-order valence-electron chi connectivity index (χ2n) is 18.0. The van der Waals surface area contributed by atoms with Gasteiger partial charge in [-0.05, 0) is 28.6 Å². The number of nitriles is 1. The van der Waals surface area contributed by atoms with Gasteiger partial charge in [0.2, 0.25) is 17.8 Å². The van der Waals surface area contributed by atoms with Gasteiger partial charge in [-0.15, -0.1) is 0 Å². The van der Waals surface area contributed by atoms with Crippen LogP contribution in [0, 0.1) is 23.2 Å². The molecular weight excluding hydrogens is 958 g/mol. The highest BCUT2D eigenvalue weighted by Gasteiger charge is 2.60. The van der Waals surface area contributed by atoms with Crippen molar-refractivity contribution in [2.75, 3.05) is 30.5 Å². The number of alkyl halides is 1. The minimum absolute atomic E-state index is 0.0115. The van der Waals surface area contributed by atoms with E-state index in [1.165, 1.54) is 23.5 Å². The standard InChI is InChI=1S/C38H63FN10O14P2Si2/c1-20(2)34(51)47-38-46-33-29(35(52)48-38)44-19-49(33)36-32(31(27(15-50)59-36)62-67(23(7)8,24(9)10)63-66(56,21(3)4)22(5)6)61-65(55,57-13-11-12-40)58-16-25-14-26(28(39)30(25)60-64(53)54)45-37-42-17-41-18-43-37/h17-28,30-32,36,50,56,64H,11,13-16H2,1-10H3,(H,53,54)(H,41,42,43,45)(H2,46,47,48,51,52)/t25-,26-,27-,28+,30-,31-,32-,36-,65+/m1/s1. The summed E-state index contributed by atoms with van der Waals surface area (Å²) < 4.78 is 88.4. The van der Waals surface area contributed by atoms with E-state index in [4.69, 9.17) is 31.4 Å². The van der Waals surface area contributed by atoms with Gasteiger partial charge in [0.15, 0.2) is 17.4 Å². The number of halogens is 1. The highest BCUT2D eigenvalue weighted by molar-refractivity contribution is 7.48. The lowest BCUT2D eigenvalue weighted by molar-refractivity contribution is -0.118. The summed E-state index contributed by atoms with van der Waals surface area (Å²) in [5, 5.41) is 25.9. The molecule has 0 bridgehead atoms. The lowest BCUT2D eigenvalue weighted by Gasteiger charge is -2.47. The Hall–Kier alpha value is -3.46. The number of aromatic nitrogens is 7. The van der Waals surface area contributed by atoms with E-state index in [0.29, 0.717) is 0 Å². The summed E-state index contributed by atoms with van der Waals surface area (Å²) >= 11 is 0. The lowest BCUT2D eigenvalue weighted by atomic mass is 10.1. The number of aliphatic hydroxyl groups excluding tert-OH is 1. The number of ether oxygens (including phenoxy) is 1. The van der Waals surface area contributed by atoms with Crippen LogP contribution in [-0.4, -0.2) is 129 Å². The Morgan fingerprint density at radius 2 is 1.72 bits per heavy atom. The van der Waals surface area contributed by atoms with E-state index in [1.54, 1.807) is 13.8 Å². The smallest absolute Gasteiger partial charge is 0.414 e. The second kappa shape index (κ2) is 23.0. The van der Waals surface area contributed by atoms with Crippen molar-refractivity contribution in [2.45, 2.75) is 147 Å². The van der Waals surface area contributed by atoms with Gasteiger partial charge in [0.25, 0.3) is 5.56 Å². The van der Waals surface area contributed by atoms with Crippen molar-refractivity contribution in [2.24, 2.45) is 11.8 Å². The molecule has 5 rings (SSSR count). The van der Waals surface area contributed by atoms with Gasteiger partial charge in [-0.1, -0.05) is 69.2 Å². The monoisotopic (exact) mass is 1020 g/mol. The molecule has 0 radical (unpaired) electrons. The molecule has 3 aromatic rings. The molecule has 1 saturated heterocycles. The molecule has 1 aliphatic carbocycles. The van der Waals surface area contributed by atoms with Gasteiger partial charge < -0.3 is 37.9 Å². The molecule has 1 aliphatic heterocycles. The summed E-state index contributed by atoms with van der Waals surface area (Å²) in [6.45, 7) is 16.4. The fraction of sp³-hybridized carbons (Fsp3) is 0.737. The van der Waals surface area contributed by atoms with Crippen LogP contribution < -0.4 is 16.2 Å². The van der Waals surface area contributed by atoms with Crippen molar-refractivity contribution < 1.29 is 64.5 Å². The predicted molar refractivity (Wildman–Crippen MR) is 244 cm³/mol. The first kappa shape index (κ1) is 54.5. The number of nitrogens with one attached hydrogen (secondary N) is 3. The number of fused-ring (bicyclic) bond motifs is 1. The number of phosphoric ester groups is 1. The Labute approximate surface area is 390 Å². The van der Waals surface area contributed by atoms with Gasteiger partial charge in [0, 0.05) is 11.8 Å². The average Bonchev–Trinajstić information content (AvgIpc) is 3.92. The largest absolute Gasteiger partial charge is 0.475 e. The number of anilines is 2. The summed E-state index contributed by atoms with van der Waals surface area (Å²) in [6, 6.07) is 0.809. The van der Waals surface area contributed by atoms with Crippen LogP contribution in [0.25, 0.3) is 11.2 Å². The van der Waals surface area contributed by atoms with Gasteiger partial charge in [-0.2, -0.15) is 10.2 Å². The maximum absolute atomic E-state index is 16.0. The number of phosphoric acid groups is 1. The van der Waals surface area contributed by atoms with Crippen LogP contribution in [-0.2, 0) is 45.3 Å². The highest BCUT2D eigenvalue weighted by atomic mass is 31.2. The van der Waals surface area contributed by atoms with E-state index in [9.17, 15) is 34.2 Å². The molecule has 2 fully saturated rings. The summed E-state index contributed by atoms with van der Waals surface area (Å²) in [5.41, 5.74) is -2.41. The first-order valence-corrected chi connectivity index (χ1v) is 28.7. The van der Waals surface area contributed by atoms with Crippen molar-refractivity contribution in [3.63, 3.8) is 0 Å². The Morgan fingerprint density at radius 1 is 1.06 bits per heavy atom. The van der Waals surface area contributed by atoms with Crippen molar-refractivity contribution in [1.29, 1.82) is 5.26 Å². The van der Waals surface area contributed by atoms with Gasteiger partial charge in [-0.3, -0.25) is 42.6 Å². The number of imidazole rings is 1. The third kappa shape index (κ3) is 12.5. The Balaban J connectivity index is 1.64. The molecule has 29 heteroatoms. The summed E-state index contributed by atoms with van der Waals surface area (Å²) in [6.07, 6.45) is -6.23. The fourth-order valence-corrected chi connectivity index (χ4v) is 20.0. The Kier molecular flexibility index (Phi) is 18.7. The molecule has 2 aliphatic rings. The fourth-order valence-electron chi connectivity index (χ4n) is 8.11. The lowest BCUT2D eigenvalue weighted by Crippen LogP contribution is -2.62.